The van der Waals surface area contributed by atoms with E-state index >= 15 is 0 Å². The van der Waals surface area contributed by atoms with Crippen LogP contribution in [-0.4, -0.2) is 13.1 Å². The molecule has 0 aliphatic heterocycles. The first kappa shape index (κ1) is 8.54. The van der Waals surface area contributed by atoms with Crippen LogP contribution in [0.5, 0.6) is 0 Å². The van der Waals surface area contributed by atoms with Crippen molar-refractivity contribution < 1.29 is 9.53 Å². The van der Waals surface area contributed by atoms with Crippen LogP contribution in [0, 0.1) is 17.8 Å². The minimum Gasteiger partial charge on any atom is -0.466 e. The molecule has 0 saturated carbocycles. The lowest BCUT2D eigenvalue weighted by Crippen LogP contribution is -2.20. The average molecular weight is 178 g/mol. The van der Waals surface area contributed by atoms with E-state index in [-0.39, 0.29) is 5.97 Å². The van der Waals surface area contributed by atoms with E-state index in [0.717, 1.165) is 12.0 Å². The van der Waals surface area contributed by atoms with Gasteiger partial charge in [0.1, 0.15) is 0 Å². The minimum absolute atomic E-state index is 0.165. The zero-order valence-electron chi connectivity index (χ0n) is 7.99. The smallest absolute Gasteiger partial charge is 0.334 e. The van der Waals surface area contributed by atoms with Crippen molar-refractivity contribution in [1.82, 2.24) is 0 Å². The Morgan fingerprint density at radius 3 is 3.00 bits per heavy atom. The Morgan fingerprint density at radius 2 is 2.31 bits per heavy atom. The van der Waals surface area contributed by atoms with Gasteiger partial charge in [-0.05, 0) is 18.3 Å². The highest BCUT2D eigenvalue weighted by molar-refractivity contribution is 5.89. The molecule has 2 bridgehead atoms. The SMILES string of the molecule is COC(=O)C1=CC(C)C2C=CC1C2. The van der Waals surface area contributed by atoms with Crippen LogP contribution >= 0.6 is 0 Å². The monoisotopic (exact) mass is 178 g/mol. The molecule has 13 heavy (non-hydrogen) atoms. The number of esters is 1. The fraction of sp³-hybridized carbons (Fsp3) is 0.545. The first-order valence-corrected chi connectivity index (χ1v) is 4.70. The van der Waals surface area contributed by atoms with Gasteiger partial charge in [-0.25, -0.2) is 4.79 Å². The highest BCUT2D eigenvalue weighted by Gasteiger charge is 2.33. The highest BCUT2D eigenvalue weighted by Crippen LogP contribution is 2.40. The minimum atomic E-state index is -0.165. The van der Waals surface area contributed by atoms with Crippen molar-refractivity contribution in [2.45, 2.75) is 13.3 Å². The number of ether oxygens (including phenoxy) is 1. The molecule has 2 rings (SSSR count). The van der Waals surface area contributed by atoms with Crippen molar-refractivity contribution in [2.75, 3.05) is 7.11 Å². The molecule has 3 atom stereocenters. The van der Waals surface area contributed by atoms with Gasteiger partial charge in [0, 0.05) is 11.5 Å². The van der Waals surface area contributed by atoms with Gasteiger partial charge >= 0.3 is 5.97 Å². The number of carbonyl (C=O) groups is 1. The summed E-state index contributed by atoms with van der Waals surface area (Å²) >= 11 is 0. The molecule has 3 unspecified atom stereocenters. The molecule has 0 spiro atoms. The maximum Gasteiger partial charge on any atom is 0.334 e. The largest absolute Gasteiger partial charge is 0.466 e. The number of rotatable bonds is 1. The molecule has 0 fully saturated rings. The molecule has 2 nitrogen and oxygen atoms in total. The molecule has 0 aromatic carbocycles. The van der Waals surface area contributed by atoms with E-state index in [2.05, 4.69) is 25.2 Å². The predicted molar refractivity (Wildman–Crippen MR) is 50.0 cm³/mol. The van der Waals surface area contributed by atoms with Crippen molar-refractivity contribution in [3.05, 3.63) is 23.8 Å². The Hall–Kier alpha value is -1.05. The number of hydrogen-bond donors (Lipinski definition) is 0. The number of fused-ring (bicyclic) bond motifs is 2. The van der Waals surface area contributed by atoms with E-state index in [0.29, 0.717) is 17.8 Å². The van der Waals surface area contributed by atoms with Gasteiger partial charge in [0.25, 0.3) is 0 Å². The summed E-state index contributed by atoms with van der Waals surface area (Å²) in [5.41, 5.74) is 0.847. The fourth-order valence-corrected chi connectivity index (χ4v) is 2.22. The van der Waals surface area contributed by atoms with Crippen LogP contribution in [0.4, 0.5) is 0 Å². The van der Waals surface area contributed by atoms with Crippen LogP contribution in [0.2, 0.25) is 0 Å². The first-order valence-electron chi connectivity index (χ1n) is 4.70. The summed E-state index contributed by atoms with van der Waals surface area (Å²) in [7, 11) is 1.44. The summed E-state index contributed by atoms with van der Waals surface area (Å²) in [6.45, 7) is 2.15. The number of methoxy groups -OCH3 is 1. The zero-order chi connectivity index (χ0) is 9.42. The molecule has 0 amide bonds. The molecule has 0 aromatic rings. The van der Waals surface area contributed by atoms with E-state index in [1.807, 2.05) is 0 Å². The van der Waals surface area contributed by atoms with Crippen LogP contribution in [0.1, 0.15) is 13.3 Å². The van der Waals surface area contributed by atoms with Crippen LogP contribution in [0.3, 0.4) is 0 Å². The lowest BCUT2D eigenvalue weighted by Gasteiger charge is -2.24. The lowest BCUT2D eigenvalue weighted by molar-refractivity contribution is -0.136. The molecule has 2 aliphatic rings. The first-order chi connectivity index (χ1) is 6.22. The molecule has 2 heteroatoms. The molecule has 2 aliphatic carbocycles. The van der Waals surface area contributed by atoms with Gasteiger partial charge in [-0.1, -0.05) is 25.2 Å². The number of allylic oxidation sites excluding steroid dienone is 3. The normalized spacial score (nSPS) is 35.8. The Bertz CT molecular complexity index is 288. The molecule has 0 saturated heterocycles. The van der Waals surface area contributed by atoms with Crippen molar-refractivity contribution in [2.24, 2.45) is 17.8 Å². The summed E-state index contributed by atoms with van der Waals surface area (Å²) in [6, 6.07) is 0. The maximum absolute atomic E-state index is 11.4. The van der Waals surface area contributed by atoms with Gasteiger partial charge < -0.3 is 4.74 Å². The van der Waals surface area contributed by atoms with Crippen LogP contribution in [0.15, 0.2) is 23.8 Å². The number of hydrogen-bond acceptors (Lipinski definition) is 2. The van der Waals surface area contributed by atoms with E-state index in [1.165, 1.54) is 7.11 Å². The number of carbonyl (C=O) groups excluding carboxylic acids is 1. The van der Waals surface area contributed by atoms with Crippen molar-refractivity contribution >= 4 is 5.97 Å². The fourth-order valence-electron chi connectivity index (χ4n) is 2.22. The summed E-state index contributed by atoms with van der Waals surface area (Å²) in [4.78, 5) is 11.4. The maximum atomic E-state index is 11.4. The second-order valence-corrected chi connectivity index (χ2v) is 3.86. The average Bonchev–Trinajstić information content (AvgIpc) is 2.56. The van der Waals surface area contributed by atoms with Crippen molar-refractivity contribution in [3.63, 3.8) is 0 Å². The van der Waals surface area contributed by atoms with Gasteiger partial charge in [-0.3, -0.25) is 0 Å². The van der Waals surface area contributed by atoms with Crippen molar-refractivity contribution in [1.29, 1.82) is 0 Å². The van der Waals surface area contributed by atoms with Crippen LogP contribution < -0.4 is 0 Å². The van der Waals surface area contributed by atoms with E-state index in [4.69, 9.17) is 4.74 Å². The van der Waals surface area contributed by atoms with Crippen LogP contribution in [0.25, 0.3) is 0 Å². The molecule has 0 radical (unpaired) electrons. The Kier molecular flexibility index (Phi) is 1.98. The third-order valence-corrected chi connectivity index (χ3v) is 3.06. The standard InChI is InChI=1S/C11H14O2/c1-7-5-10(11(12)13-2)9-4-3-8(7)6-9/h3-5,7-9H,6H2,1-2H3. The third-order valence-electron chi connectivity index (χ3n) is 3.06. The van der Waals surface area contributed by atoms with Crippen LogP contribution in [-0.2, 0) is 9.53 Å². The summed E-state index contributed by atoms with van der Waals surface area (Å²) < 4.78 is 4.75. The van der Waals surface area contributed by atoms with Gasteiger partial charge in [0.15, 0.2) is 0 Å². The van der Waals surface area contributed by atoms with Crippen molar-refractivity contribution in [3.8, 4) is 0 Å². The van der Waals surface area contributed by atoms with E-state index in [1.54, 1.807) is 0 Å². The van der Waals surface area contributed by atoms with Gasteiger partial charge in [-0.15, -0.1) is 0 Å². The Balaban J connectivity index is 2.28. The van der Waals surface area contributed by atoms with Gasteiger partial charge in [-0.2, -0.15) is 0 Å². The second-order valence-electron chi connectivity index (χ2n) is 3.86. The Morgan fingerprint density at radius 1 is 1.54 bits per heavy atom. The summed E-state index contributed by atoms with van der Waals surface area (Å²) in [5.74, 6) is 1.26. The zero-order valence-corrected chi connectivity index (χ0v) is 7.99. The highest BCUT2D eigenvalue weighted by atomic mass is 16.5. The second kappa shape index (κ2) is 3.02. The molecular formula is C11H14O2. The van der Waals surface area contributed by atoms with Gasteiger partial charge in [0.05, 0.1) is 7.11 Å². The molecule has 70 valence electrons. The van der Waals surface area contributed by atoms with E-state index < -0.39 is 0 Å². The Labute approximate surface area is 78.3 Å². The lowest BCUT2D eigenvalue weighted by atomic mass is 9.81. The quantitative estimate of drug-likeness (QED) is 0.453. The summed E-state index contributed by atoms with van der Waals surface area (Å²) in [5, 5.41) is 0. The van der Waals surface area contributed by atoms with Gasteiger partial charge in [0.2, 0.25) is 0 Å². The van der Waals surface area contributed by atoms with E-state index in [9.17, 15) is 4.79 Å². The predicted octanol–water partition coefficient (Wildman–Crippen LogP) is 1.93. The molecule has 0 N–H and O–H groups in total. The summed E-state index contributed by atoms with van der Waals surface area (Å²) in [6.07, 6.45) is 7.51. The molecule has 0 aromatic heterocycles. The molecule has 0 heterocycles. The topological polar surface area (TPSA) is 26.3 Å². The molecular weight excluding hydrogens is 164 g/mol. The third kappa shape index (κ3) is 1.30.